The number of rotatable bonds is 4. The van der Waals surface area contributed by atoms with E-state index in [1.165, 1.54) is 0 Å². The molecule has 0 aliphatic carbocycles. The lowest BCUT2D eigenvalue weighted by Gasteiger charge is -2.07. The van der Waals surface area contributed by atoms with Gasteiger partial charge in [-0.05, 0) is 26.0 Å². The maximum absolute atomic E-state index is 11.7. The van der Waals surface area contributed by atoms with Crippen LogP contribution in [0.4, 0.5) is 0 Å². The third-order valence-electron chi connectivity index (χ3n) is 1.73. The molecule has 0 aromatic carbocycles. The molecule has 0 N–H and O–H groups in total. The average molecular weight is 193 g/mol. The van der Waals surface area contributed by atoms with Crippen molar-refractivity contribution in [3.8, 4) is 5.75 Å². The molecule has 0 aliphatic heterocycles. The molecule has 0 spiro atoms. The first-order chi connectivity index (χ1) is 6.65. The van der Waals surface area contributed by atoms with Gasteiger partial charge in [0.2, 0.25) is 0 Å². The lowest BCUT2D eigenvalue weighted by Crippen LogP contribution is -2.21. The Kier molecular flexibility index (Phi) is 3.51. The van der Waals surface area contributed by atoms with Gasteiger partial charge in [-0.1, -0.05) is 12.2 Å². The lowest BCUT2D eigenvalue weighted by atomic mass is 10.3. The smallest absolute Gasteiger partial charge is 0.293 e. The second-order valence-electron chi connectivity index (χ2n) is 3.20. The van der Waals surface area contributed by atoms with Crippen LogP contribution >= 0.6 is 0 Å². The summed E-state index contributed by atoms with van der Waals surface area (Å²) in [5.41, 5.74) is 0.845. The lowest BCUT2D eigenvalue weighted by molar-refractivity contribution is 0.332. The molecule has 3 nitrogen and oxygen atoms in total. The summed E-state index contributed by atoms with van der Waals surface area (Å²) in [4.78, 5) is 11.7. The van der Waals surface area contributed by atoms with E-state index >= 15 is 0 Å². The van der Waals surface area contributed by atoms with Crippen LogP contribution in [-0.4, -0.2) is 11.2 Å². The van der Waals surface area contributed by atoms with Crippen LogP contribution in [0.2, 0.25) is 0 Å². The minimum absolute atomic E-state index is 0.0997. The molecule has 0 atom stereocenters. The van der Waals surface area contributed by atoms with Gasteiger partial charge in [0, 0.05) is 12.7 Å². The molecule has 0 aliphatic rings. The molecule has 0 bridgehead atoms. The van der Waals surface area contributed by atoms with Gasteiger partial charge < -0.3 is 9.30 Å². The first kappa shape index (κ1) is 10.6. The van der Waals surface area contributed by atoms with Gasteiger partial charge in [0.25, 0.3) is 5.56 Å². The molecule has 0 fully saturated rings. The van der Waals surface area contributed by atoms with Gasteiger partial charge in [0.15, 0.2) is 5.75 Å². The van der Waals surface area contributed by atoms with Gasteiger partial charge in [-0.2, -0.15) is 0 Å². The number of pyridine rings is 1. The van der Waals surface area contributed by atoms with E-state index in [0.29, 0.717) is 18.9 Å². The van der Waals surface area contributed by atoms with Gasteiger partial charge in [0.1, 0.15) is 0 Å². The highest BCUT2D eigenvalue weighted by Crippen LogP contribution is 2.02. The van der Waals surface area contributed by atoms with E-state index in [4.69, 9.17) is 4.74 Å². The first-order valence-corrected chi connectivity index (χ1v) is 4.61. The standard InChI is InChI=1S/C11H15NO2/c1-4-14-10-6-5-7-12(11(10)13)8-9(2)3/h5-7H,2,4,8H2,1,3H3. The van der Waals surface area contributed by atoms with Crippen molar-refractivity contribution in [3.63, 3.8) is 0 Å². The number of hydrogen-bond donors (Lipinski definition) is 0. The summed E-state index contributed by atoms with van der Waals surface area (Å²) in [6, 6.07) is 3.48. The Bertz CT molecular complexity index is 379. The summed E-state index contributed by atoms with van der Waals surface area (Å²) in [6.45, 7) is 8.56. The summed E-state index contributed by atoms with van der Waals surface area (Å²) in [6.07, 6.45) is 1.74. The zero-order valence-corrected chi connectivity index (χ0v) is 8.62. The molecule has 1 aromatic heterocycles. The molecule has 0 saturated heterocycles. The Balaban J connectivity index is 3.01. The molecule has 1 rings (SSSR count). The van der Waals surface area contributed by atoms with Crippen molar-refractivity contribution in [1.82, 2.24) is 4.57 Å². The van der Waals surface area contributed by atoms with Gasteiger partial charge in [-0.25, -0.2) is 0 Å². The Morgan fingerprint density at radius 2 is 2.36 bits per heavy atom. The second kappa shape index (κ2) is 4.65. The van der Waals surface area contributed by atoms with Crippen molar-refractivity contribution in [2.45, 2.75) is 20.4 Å². The Morgan fingerprint density at radius 1 is 1.64 bits per heavy atom. The average Bonchev–Trinajstić information content (AvgIpc) is 2.11. The third kappa shape index (κ3) is 2.49. The van der Waals surface area contributed by atoms with Crippen LogP contribution in [0.5, 0.6) is 5.75 Å². The summed E-state index contributed by atoms with van der Waals surface area (Å²) in [5, 5.41) is 0. The van der Waals surface area contributed by atoms with E-state index in [9.17, 15) is 4.79 Å². The van der Waals surface area contributed by atoms with Crippen molar-refractivity contribution in [2.75, 3.05) is 6.61 Å². The summed E-state index contributed by atoms with van der Waals surface area (Å²) in [7, 11) is 0. The molecular weight excluding hydrogens is 178 g/mol. The molecule has 1 aromatic rings. The highest BCUT2D eigenvalue weighted by atomic mass is 16.5. The Morgan fingerprint density at radius 3 is 2.93 bits per heavy atom. The van der Waals surface area contributed by atoms with E-state index in [-0.39, 0.29) is 5.56 Å². The first-order valence-electron chi connectivity index (χ1n) is 4.61. The van der Waals surface area contributed by atoms with E-state index in [1.54, 1.807) is 22.9 Å². The van der Waals surface area contributed by atoms with Crippen molar-refractivity contribution in [2.24, 2.45) is 0 Å². The topological polar surface area (TPSA) is 31.2 Å². The van der Waals surface area contributed by atoms with Crippen LogP contribution in [0.1, 0.15) is 13.8 Å². The predicted molar refractivity (Wildman–Crippen MR) is 56.7 cm³/mol. The van der Waals surface area contributed by atoms with Crippen molar-refractivity contribution >= 4 is 0 Å². The van der Waals surface area contributed by atoms with Crippen LogP contribution in [0.15, 0.2) is 35.3 Å². The molecular formula is C11H15NO2. The van der Waals surface area contributed by atoms with Crippen molar-refractivity contribution < 1.29 is 4.74 Å². The highest BCUT2D eigenvalue weighted by molar-refractivity contribution is 5.17. The normalized spacial score (nSPS) is 9.86. The maximum Gasteiger partial charge on any atom is 0.293 e. The quantitative estimate of drug-likeness (QED) is 0.683. The Labute approximate surface area is 83.6 Å². The van der Waals surface area contributed by atoms with E-state index in [2.05, 4.69) is 6.58 Å². The van der Waals surface area contributed by atoms with Gasteiger partial charge in [-0.15, -0.1) is 0 Å². The van der Waals surface area contributed by atoms with Gasteiger partial charge >= 0.3 is 0 Å². The molecule has 0 amide bonds. The number of ether oxygens (including phenoxy) is 1. The van der Waals surface area contributed by atoms with E-state index in [0.717, 1.165) is 5.57 Å². The minimum Gasteiger partial charge on any atom is -0.488 e. The predicted octanol–water partition coefficient (Wildman–Crippen LogP) is 1.82. The van der Waals surface area contributed by atoms with Crippen LogP contribution in [0.25, 0.3) is 0 Å². The van der Waals surface area contributed by atoms with Gasteiger partial charge in [-0.3, -0.25) is 4.79 Å². The zero-order valence-electron chi connectivity index (χ0n) is 8.62. The summed E-state index contributed by atoms with van der Waals surface area (Å²) in [5.74, 6) is 0.399. The fourth-order valence-electron chi connectivity index (χ4n) is 1.20. The minimum atomic E-state index is -0.0997. The van der Waals surface area contributed by atoms with Crippen LogP contribution in [0, 0.1) is 0 Å². The fraction of sp³-hybridized carbons (Fsp3) is 0.364. The second-order valence-corrected chi connectivity index (χ2v) is 3.20. The van der Waals surface area contributed by atoms with Crippen LogP contribution in [-0.2, 0) is 6.54 Å². The molecule has 1 heterocycles. The van der Waals surface area contributed by atoms with Crippen molar-refractivity contribution in [3.05, 3.63) is 40.8 Å². The maximum atomic E-state index is 11.7. The Hall–Kier alpha value is -1.51. The third-order valence-corrected chi connectivity index (χ3v) is 1.73. The molecule has 14 heavy (non-hydrogen) atoms. The number of nitrogens with zero attached hydrogens (tertiary/aromatic N) is 1. The highest BCUT2D eigenvalue weighted by Gasteiger charge is 2.02. The van der Waals surface area contributed by atoms with Crippen molar-refractivity contribution in [1.29, 1.82) is 0 Å². The fourth-order valence-corrected chi connectivity index (χ4v) is 1.20. The number of allylic oxidation sites excluding steroid dienone is 1. The molecule has 0 saturated carbocycles. The number of aromatic nitrogens is 1. The van der Waals surface area contributed by atoms with E-state index in [1.807, 2.05) is 13.8 Å². The van der Waals surface area contributed by atoms with Crippen LogP contribution < -0.4 is 10.3 Å². The van der Waals surface area contributed by atoms with E-state index < -0.39 is 0 Å². The molecule has 0 unspecified atom stereocenters. The van der Waals surface area contributed by atoms with Crippen LogP contribution in [0.3, 0.4) is 0 Å². The SMILES string of the molecule is C=C(C)Cn1cccc(OCC)c1=O. The van der Waals surface area contributed by atoms with Gasteiger partial charge in [0.05, 0.1) is 6.61 Å². The summed E-state index contributed by atoms with van der Waals surface area (Å²) >= 11 is 0. The molecule has 0 radical (unpaired) electrons. The monoisotopic (exact) mass is 193 g/mol. The summed E-state index contributed by atoms with van der Waals surface area (Å²) < 4.78 is 6.79. The largest absolute Gasteiger partial charge is 0.488 e. The molecule has 76 valence electrons. The molecule has 3 heteroatoms. The number of hydrogen-bond acceptors (Lipinski definition) is 2. The zero-order chi connectivity index (χ0) is 10.6.